The molecule has 0 aliphatic heterocycles. The molecule has 0 spiro atoms. The Kier molecular flexibility index (Phi) is 14.5. The summed E-state index contributed by atoms with van der Waals surface area (Å²) in [6.45, 7) is 4.99. The zero-order valence-electron chi connectivity index (χ0n) is 30.3. The predicted octanol–water partition coefficient (Wildman–Crippen LogP) is 15.3. The van der Waals surface area contributed by atoms with E-state index in [-0.39, 0.29) is 24.1 Å². The predicted molar refractivity (Wildman–Crippen MR) is 210 cm³/mol. The van der Waals surface area contributed by atoms with Crippen molar-refractivity contribution in [3.8, 4) is 0 Å². The van der Waals surface area contributed by atoms with Crippen LogP contribution in [0.1, 0.15) is 206 Å². The fourth-order valence-electron chi connectivity index (χ4n) is 14.0. The molecule has 0 nitrogen and oxygen atoms in total. The van der Waals surface area contributed by atoms with Crippen molar-refractivity contribution in [2.45, 2.75) is 245 Å². The molecule has 0 amide bonds. The molecule has 270 valence electrons. The van der Waals surface area contributed by atoms with Crippen LogP contribution in [0.5, 0.6) is 0 Å². The van der Waals surface area contributed by atoms with Crippen molar-refractivity contribution < 1.29 is 19.5 Å². The second-order valence-corrected chi connectivity index (χ2v) is 32.1. The van der Waals surface area contributed by atoms with Crippen molar-refractivity contribution in [2.75, 3.05) is 0 Å². The summed E-state index contributed by atoms with van der Waals surface area (Å²) in [7, 11) is -2.03. The van der Waals surface area contributed by atoms with E-state index in [1.54, 1.807) is 44.1 Å². The van der Waals surface area contributed by atoms with Gasteiger partial charge >= 0.3 is 292 Å². The minimum atomic E-state index is -3.13. The van der Waals surface area contributed by atoms with Crippen LogP contribution in [0.25, 0.3) is 0 Å². The second-order valence-electron chi connectivity index (χ2n) is 18.0. The van der Waals surface area contributed by atoms with Crippen molar-refractivity contribution in [2.24, 2.45) is 0 Å². The van der Waals surface area contributed by atoms with Gasteiger partial charge < -0.3 is 0 Å². The Morgan fingerprint density at radius 1 is 0.543 bits per heavy atom. The Balaban J connectivity index is 0.00000417. The molecule has 46 heavy (non-hydrogen) atoms. The molecule has 0 aromatic heterocycles. The Labute approximate surface area is 310 Å². The van der Waals surface area contributed by atoms with Crippen LogP contribution in [0.4, 0.5) is 0 Å². The van der Waals surface area contributed by atoms with Crippen LogP contribution >= 0.6 is 36.1 Å². The Morgan fingerprint density at radius 2 is 0.848 bits per heavy atom. The van der Waals surface area contributed by atoms with Gasteiger partial charge in [0.25, 0.3) is 0 Å². The molecule has 1 unspecified atom stereocenters. The number of allylic oxidation sites excluding steroid dienone is 2. The molecule has 0 saturated heterocycles. The fraction of sp³-hybridized carbons (Fsp3) is 0.951. The van der Waals surface area contributed by atoms with Crippen LogP contribution in [0.2, 0.25) is 0 Å². The summed E-state index contributed by atoms with van der Waals surface area (Å²) in [5.74, 6) is -3.13. The molecule has 1 atom stereocenters. The van der Waals surface area contributed by atoms with Gasteiger partial charge in [-0.05, 0) is 0 Å². The van der Waals surface area contributed by atoms with Gasteiger partial charge in [0.05, 0.1) is 0 Å². The third kappa shape index (κ3) is 6.86. The summed E-state index contributed by atoms with van der Waals surface area (Å²) < 4.78 is -0.137. The van der Waals surface area contributed by atoms with E-state index >= 15 is 0 Å². The number of rotatable bonds is 9. The van der Waals surface area contributed by atoms with Crippen molar-refractivity contribution in [1.29, 1.82) is 0 Å². The fourth-order valence-corrected chi connectivity index (χ4v) is 42.9. The van der Waals surface area contributed by atoms with E-state index in [1.165, 1.54) is 154 Å². The van der Waals surface area contributed by atoms with Crippen molar-refractivity contribution in [3.05, 3.63) is 11.6 Å². The van der Waals surface area contributed by atoms with E-state index in [2.05, 4.69) is 19.9 Å². The zero-order valence-corrected chi connectivity index (χ0v) is 35.5. The van der Waals surface area contributed by atoms with Crippen LogP contribution in [0, 0.1) is 0 Å². The molecule has 6 aliphatic carbocycles. The van der Waals surface area contributed by atoms with E-state index in [1.807, 2.05) is 0 Å². The molecular formula is C41H74Cl2P2Ru. The summed E-state index contributed by atoms with van der Waals surface area (Å²) in [5.41, 5.74) is 6.02. The quantitative estimate of drug-likeness (QED) is 0.0943. The number of hydrogen-bond donors (Lipinski definition) is 0. The van der Waals surface area contributed by atoms with E-state index in [0.29, 0.717) is 16.7 Å². The number of hydrogen-bond acceptors (Lipinski definition) is 0. The van der Waals surface area contributed by atoms with Crippen molar-refractivity contribution in [3.63, 3.8) is 0 Å². The first kappa shape index (κ1) is 39.0. The van der Waals surface area contributed by atoms with Gasteiger partial charge in [0.15, 0.2) is 0 Å². The summed E-state index contributed by atoms with van der Waals surface area (Å²) in [5, 5.41) is 0.672. The maximum atomic E-state index is 9.82. The number of alkyl halides is 1. The molecule has 6 aliphatic rings. The molecule has 0 aromatic carbocycles. The van der Waals surface area contributed by atoms with Crippen LogP contribution in [-0.2, 0) is 19.5 Å². The average molecular weight is 801 g/mol. The van der Waals surface area contributed by atoms with Gasteiger partial charge in [-0.2, -0.15) is 0 Å². The van der Waals surface area contributed by atoms with Crippen LogP contribution in [-0.4, -0.2) is 38.3 Å². The Bertz CT molecular complexity index is 893. The summed E-state index contributed by atoms with van der Waals surface area (Å²) in [4.78, 5) is 0. The van der Waals surface area contributed by atoms with Gasteiger partial charge in [0.2, 0.25) is 0 Å². The smallest absolute Gasteiger partial charge is 0 e. The minimum absolute atomic E-state index is 0. The molecule has 5 heteroatoms. The molecule has 0 aromatic rings. The molecule has 6 rings (SSSR count). The first-order valence-corrected chi connectivity index (χ1v) is 27.0. The average Bonchev–Trinajstić information content (AvgIpc) is 3.10. The summed E-state index contributed by atoms with van der Waals surface area (Å²) in [6.07, 6.45) is 46.4. The Hall–Kier alpha value is 1.80. The second kappa shape index (κ2) is 17.1. The van der Waals surface area contributed by atoms with Crippen molar-refractivity contribution >= 4 is 36.1 Å². The SMILES string of the molecule is CC(C)=CC([PH](C1CCCCC1)(C1CCCCC1)C1CCCCC1)P(Cl)(C1CCCCC1)(C1CCCCC1)C1(Cl)CCCCC1.[Ru]. The molecule has 6 saturated carbocycles. The minimum Gasteiger partial charge on any atom is 0 e. The largest absolute Gasteiger partial charge is 0 e. The van der Waals surface area contributed by atoms with Gasteiger partial charge in [0, 0.05) is 19.5 Å². The first-order valence-electron chi connectivity index (χ1n) is 20.9. The molecule has 6 fully saturated rings. The summed E-state index contributed by atoms with van der Waals surface area (Å²) in [6, 6.07) is 0. The Morgan fingerprint density at radius 3 is 1.17 bits per heavy atom. The van der Waals surface area contributed by atoms with Crippen LogP contribution in [0.3, 0.4) is 0 Å². The van der Waals surface area contributed by atoms with Gasteiger partial charge in [-0.3, -0.25) is 0 Å². The first-order chi connectivity index (χ1) is 21.9. The normalized spacial score (nSPS) is 29.2. The molecule has 0 radical (unpaired) electrons. The zero-order chi connectivity index (χ0) is 31.4. The van der Waals surface area contributed by atoms with Crippen LogP contribution < -0.4 is 0 Å². The van der Waals surface area contributed by atoms with Gasteiger partial charge in [-0.1, -0.05) is 0 Å². The third-order valence-corrected chi connectivity index (χ3v) is 38.7. The molecule has 0 bridgehead atoms. The van der Waals surface area contributed by atoms with E-state index in [0.717, 1.165) is 17.0 Å². The van der Waals surface area contributed by atoms with Crippen molar-refractivity contribution in [1.82, 2.24) is 0 Å². The van der Waals surface area contributed by atoms with Crippen LogP contribution in [0.15, 0.2) is 11.6 Å². The van der Waals surface area contributed by atoms with E-state index in [9.17, 15) is 11.2 Å². The standard InChI is InChI=1S/C41H74Cl2P2.Ru/c1-34(2)33-40(44(35-21-9-3-10-22-35,36-23-11-4-12-24-36)37-25-13-5-14-26-37)45(43,38-27-15-6-16-28-38,39-29-17-7-18-30-39)41(42)31-19-8-20-32-41;/h33,35-40,44H,3-32H2,1-2H3;. The number of halogens is 2. The van der Waals surface area contributed by atoms with Gasteiger partial charge in [-0.15, -0.1) is 0 Å². The monoisotopic (exact) mass is 800 g/mol. The third-order valence-electron chi connectivity index (χ3n) is 15.6. The maximum Gasteiger partial charge on any atom is 0 e. The molecule has 0 heterocycles. The topological polar surface area (TPSA) is 0 Å². The molecule has 0 N–H and O–H groups in total. The van der Waals surface area contributed by atoms with Gasteiger partial charge in [0.1, 0.15) is 0 Å². The van der Waals surface area contributed by atoms with Gasteiger partial charge in [-0.25, -0.2) is 0 Å². The van der Waals surface area contributed by atoms with E-state index < -0.39 is 13.2 Å². The maximum absolute atomic E-state index is 9.82. The summed E-state index contributed by atoms with van der Waals surface area (Å²) >= 11 is 18.6. The van der Waals surface area contributed by atoms with E-state index in [4.69, 9.17) is 11.6 Å². The molecular weight excluding hydrogens is 726 g/mol.